The number of carbonyl (C=O) groups is 2. The summed E-state index contributed by atoms with van der Waals surface area (Å²) in [6.07, 6.45) is 4.07. The van der Waals surface area contributed by atoms with Gasteiger partial charge >= 0.3 is 5.97 Å². The van der Waals surface area contributed by atoms with Crippen LogP contribution in [0, 0.1) is 0 Å². The SMILES string of the molecule is O=C(O)[C@@H]1CCCCN1C(=O)c1ccc2cc[nH]c2c1. The molecule has 0 radical (unpaired) electrons. The van der Waals surface area contributed by atoms with Gasteiger partial charge in [-0.15, -0.1) is 0 Å². The van der Waals surface area contributed by atoms with Gasteiger partial charge in [-0.3, -0.25) is 4.79 Å². The molecule has 3 rings (SSSR count). The smallest absolute Gasteiger partial charge is 0.326 e. The molecule has 1 saturated heterocycles. The van der Waals surface area contributed by atoms with Gasteiger partial charge in [0.25, 0.3) is 5.91 Å². The van der Waals surface area contributed by atoms with Crippen LogP contribution in [0.2, 0.25) is 0 Å². The maximum atomic E-state index is 12.5. The molecule has 1 atom stereocenters. The van der Waals surface area contributed by atoms with Crippen LogP contribution >= 0.6 is 0 Å². The molecule has 5 nitrogen and oxygen atoms in total. The number of aliphatic carboxylic acids is 1. The first-order valence-electron chi connectivity index (χ1n) is 6.78. The first-order valence-corrected chi connectivity index (χ1v) is 6.78. The zero-order valence-corrected chi connectivity index (χ0v) is 11.0. The number of nitrogens with one attached hydrogen (secondary N) is 1. The first-order chi connectivity index (χ1) is 9.66. The van der Waals surface area contributed by atoms with Crippen molar-refractivity contribution in [3.63, 3.8) is 0 Å². The fourth-order valence-electron chi connectivity index (χ4n) is 2.78. The summed E-state index contributed by atoms with van der Waals surface area (Å²) in [5.74, 6) is -1.12. The maximum Gasteiger partial charge on any atom is 0.326 e. The summed E-state index contributed by atoms with van der Waals surface area (Å²) in [5.41, 5.74) is 1.42. The highest BCUT2D eigenvalue weighted by Gasteiger charge is 2.32. The predicted molar refractivity (Wildman–Crippen MR) is 74.6 cm³/mol. The number of amides is 1. The van der Waals surface area contributed by atoms with Crippen molar-refractivity contribution < 1.29 is 14.7 Å². The van der Waals surface area contributed by atoms with E-state index in [4.69, 9.17) is 0 Å². The third kappa shape index (κ3) is 2.15. The zero-order chi connectivity index (χ0) is 14.1. The van der Waals surface area contributed by atoms with E-state index in [1.165, 1.54) is 4.90 Å². The molecule has 1 fully saturated rings. The molecule has 2 heterocycles. The summed E-state index contributed by atoms with van der Waals surface area (Å²) in [5, 5.41) is 10.3. The Balaban J connectivity index is 1.91. The fourth-order valence-corrected chi connectivity index (χ4v) is 2.78. The predicted octanol–water partition coefficient (Wildman–Crippen LogP) is 2.25. The number of hydrogen-bond acceptors (Lipinski definition) is 2. The third-order valence-electron chi connectivity index (χ3n) is 3.85. The van der Waals surface area contributed by atoms with E-state index in [9.17, 15) is 14.7 Å². The lowest BCUT2D eigenvalue weighted by atomic mass is 10.0. The van der Waals surface area contributed by atoms with Crippen molar-refractivity contribution in [2.75, 3.05) is 6.54 Å². The Morgan fingerprint density at radius 3 is 2.90 bits per heavy atom. The lowest BCUT2D eigenvalue weighted by Gasteiger charge is -2.33. The summed E-state index contributed by atoms with van der Waals surface area (Å²) in [7, 11) is 0. The number of nitrogens with zero attached hydrogens (tertiary/aromatic N) is 1. The minimum atomic E-state index is -0.918. The van der Waals surface area contributed by atoms with E-state index in [1.807, 2.05) is 18.3 Å². The highest BCUT2D eigenvalue weighted by Crippen LogP contribution is 2.22. The van der Waals surface area contributed by atoms with Crippen LogP contribution in [0.4, 0.5) is 0 Å². The van der Waals surface area contributed by atoms with Crippen molar-refractivity contribution in [3.05, 3.63) is 36.0 Å². The number of carboxylic acid groups (broad SMARTS) is 1. The van der Waals surface area contributed by atoms with Gasteiger partial charge in [0.1, 0.15) is 6.04 Å². The zero-order valence-electron chi connectivity index (χ0n) is 11.0. The number of rotatable bonds is 2. The molecule has 2 aromatic rings. The largest absolute Gasteiger partial charge is 0.480 e. The van der Waals surface area contributed by atoms with Crippen LogP contribution in [0.15, 0.2) is 30.5 Å². The van der Waals surface area contributed by atoms with E-state index in [0.717, 1.165) is 23.7 Å². The number of aromatic nitrogens is 1. The van der Waals surface area contributed by atoms with Crippen molar-refractivity contribution in [2.24, 2.45) is 0 Å². The molecule has 104 valence electrons. The highest BCUT2D eigenvalue weighted by atomic mass is 16.4. The number of aromatic amines is 1. The molecule has 0 unspecified atom stereocenters. The second kappa shape index (κ2) is 5.00. The molecule has 2 N–H and O–H groups in total. The highest BCUT2D eigenvalue weighted by molar-refractivity contribution is 5.99. The number of piperidine rings is 1. The molecule has 1 aliphatic rings. The Labute approximate surface area is 116 Å². The summed E-state index contributed by atoms with van der Waals surface area (Å²) in [4.78, 5) is 28.3. The van der Waals surface area contributed by atoms with Gasteiger partial charge in [0.2, 0.25) is 0 Å². The standard InChI is InChI=1S/C15H16N2O3/c18-14(17-8-2-1-3-13(17)15(19)20)11-5-4-10-6-7-16-12(10)9-11/h4-7,9,13,16H,1-3,8H2,(H,19,20)/t13-/m0/s1. The Morgan fingerprint density at radius 2 is 2.10 bits per heavy atom. The van der Waals surface area contributed by atoms with Crippen LogP contribution in [-0.4, -0.2) is 39.5 Å². The van der Waals surface area contributed by atoms with Gasteiger partial charge in [0.05, 0.1) is 0 Å². The average Bonchev–Trinajstić information content (AvgIpc) is 2.93. The Morgan fingerprint density at radius 1 is 1.25 bits per heavy atom. The lowest BCUT2D eigenvalue weighted by Crippen LogP contribution is -2.47. The van der Waals surface area contributed by atoms with Gasteiger partial charge in [-0.25, -0.2) is 4.79 Å². The summed E-state index contributed by atoms with van der Waals surface area (Å²) in [6, 6.07) is 6.65. The lowest BCUT2D eigenvalue weighted by molar-refractivity contribution is -0.143. The Hall–Kier alpha value is -2.30. The summed E-state index contributed by atoms with van der Waals surface area (Å²) in [6.45, 7) is 0.512. The molecule has 20 heavy (non-hydrogen) atoms. The normalized spacial score (nSPS) is 19.2. The molecule has 0 saturated carbocycles. The van der Waals surface area contributed by atoms with E-state index in [1.54, 1.807) is 12.1 Å². The van der Waals surface area contributed by atoms with E-state index in [2.05, 4.69) is 4.98 Å². The molecule has 0 spiro atoms. The first kappa shape index (κ1) is 12.7. The van der Waals surface area contributed by atoms with E-state index < -0.39 is 12.0 Å². The van der Waals surface area contributed by atoms with Crippen LogP contribution in [0.25, 0.3) is 10.9 Å². The van der Waals surface area contributed by atoms with Crippen molar-refractivity contribution in [1.82, 2.24) is 9.88 Å². The van der Waals surface area contributed by atoms with Crippen LogP contribution < -0.4 is 0 Å². The summed E-state index contributed by atoms with van der Waals surface area (Å²) >= 11 is 0. The Kier molecular flexibility index (Phi) is 3.18. The van der Waals surface area contributed by atoms with Crippen molar-refractivity contribution in [2.45, 2.75) is 25.3 Å². The maximum absolute atomic E-state index is 12.5. The topological polar surface area (TPSA) is 73.4 Å². The van der Waals surface area contributed by atoms with Crippen molar-refractivity contribution in [1.29, 1.82) is 0 Å². The average molecular weight is 272 g/mol. The van der Waals surface area contributed by atoms with E-state index in [-0.39, 0.29) is 5.91 Å². The number of carboxylic acids is 1. The van der Waals surface area contributed by atoms with Crippen LogP contribution in [0.1, 0.15) is 29.6 Å². The molecule has 1 aromatic heterocycles. The van der Waals surface area contributed by atoms with Gasteiger partial charge in [-0.1, -0.05) is 6.07 Å². The number of H-pyrrole nitrogens is 1. The molecule has 1 aromatic carbocycles. The fraction of sp³-hybridized carbons (Fsp3) is 0.333. The van der Waals surface area contributed by atoms with Gasteiger partial charge < -0.3 is 15.0 Å². The number of likely N-dealkylation sites (tertiary alicyclic amines) is 1. The summed E-state index contributed by atoms with van der Waals surface area (Å²) < 4.78 is 0. The second-order valence-corrected chi connectivity index (χ2v) is 5.13. The van der Waals surface area contributed by atoms with Crippen LogP contribution in [-0.2, 0) is 4.79 Å². The monoisotopic (exact) mass is 272 g/mol. The van der Waals surface area contributed by atoms with Crippen LogP contribution in [0.3, 0.4) is 0 Å². The molecule has 1 amide bonds. The van der Waals surface area contributed by atoms with E-state index in [0.29, 0.717) is 18.5 Å². The van der Waals surface area contributed by atoms with E-state index >= 15 is 0 Å². The number of carbonyl (C=O) groups excluding carboxylic acids is 1. The molecule has 1 aliphatic heterocycles. The minimum Gasteiger partial charge on any atom is -0.480 e. The molecular weight excluding hydrogens is 256 g/mol. The number of hydrogen-bond donors (Lipinski definition) is 2. The van der Waals surface area contributed by atoms with Gasteiger partial charge in [-0.2, -0.15) is 0 Å². The number of benzene rings is 1. The quantitative estimate of drug-likeness (QED) is 0.880. The minimum absolute atomic E-state index is 0.200. The van der Waals surface area contributed by atoms with Crippen LogP contribution in [0.5, 0.6) is 0 Å². The molecule has 0 aliphatic carbocycles. The van der Waals surface area contributed by atoms with Gasteiger partial charge in [-0.05, 0) is 42.8 Å². The van der Waals surface area contributed by atoms with Crippen molar-refractivity contribution >= 4 is 22.8 Å². The molecular formula is C15H16N2O3. The number of fused-ring (bicyclic) bond motifs is 1. The second-order valence-electron chi connectivity index (χ2n) is 5.13. The third-order valence-corrected chi connectivity index (χ3v) is 3.85. The van der Waals surface area contributed by atoms with Gasteiger partial charge in [0.15, 0.2) is 0 Å². The molecule has 5 heteroatoms. The van der Waals surface area contributed by atoms with Crippen molar-refractivity contribution in [3.8, 4) is 0 Å². The molecule has 0 bridgehead atoms. The Bertz CT molecular complexity index is 662. The van der Waals surface area contributed by atoms with Gasteiger partial charge in [0, 0.05) is 23.8 Å².